The highest BCUT2D eigenvalue weighted by molar-refractivity contribution is 6.03. The van der Waals surface area contributed by atoms with Gasteiger partial charge in [0.25, 0.3) is 0 Å². The summed E-state index contributed by atoms with van der Waals surface area (Å²) < 4.78 is 12.8. The van der Waals surface area contributed by atoms with Crippen molar-refractivity contribution >= 4 is 17.5 Å². The lowest BCUT2D eigenvalue weighted by atomic mass is 10.1. The Morgan fingerprint density at radius 3 is 2.21 bits per heavy atom. The van der Waals surface area contributed by atoms with E-state index in [0.29, 0.717) is 18.7 Å². The first kappa shape index (κ1) is 17.7. The Balaban J connectivity index is 1.75. The average Bonchev–Trinajstić information content (AvgIpc) is 2.48. The zero-order valence-corrected chi connectivity index (χ0v) is 13.9. The van der Waals surface area contributed by atoms with E-state index in [2.05, 4.69) is 10.6 Å². The van der Waals surface area contributed by atoms with Gasteiger partial charge in [0.15, 0.2) is 0 Å². The second kappa shape index (κ2) is 8.24. The average molecular weight is 328 g/mol. The van der Waals surface area contributed by atoms with E-state index in [-0.39, 0.29) is 24.1 Å². The number of anilines is 1. The van der Waals surface area contributed by atoms with Crippen LogP contribution in [-0.2, 0) is 16.0 Å². The summed E-state index contributed by atoms with van der Waals surface area (Å²) in [5, 5.41) is 5.42. The largest absolute Gasteiger partial charge is 0.355 e. The Bertz CT molecular complexity index is 706. The quantitative estimate of drug-likeness (QED) is 0.801. The van der Waals surface area contributed by atoms with E-state index in [1.807, 2.05) is 32.0 Å². The second-order valence-corrected chi connectivity index (χ2v) is 5.83. The van der Waals surface area contributed by atoms with Gasteiger partial charge in [-0.25, -0.2) is 4.39 Å². The number of benzene rings is 2. The number of carbonyl (C=O) groups is 2. The highest BCUT2D eigenvalue weighted by atomic mass is 19.1. The second-order valence-electron chi connectivity index (χ2n) is 5.83. The van der Waals surface area contributed by atoms with Gasteiger partial charge in [-0.1, -0.05) is 18.2 Å². The third kappa shape index (κ3) is 5.83. The van der Waals surface area contributed by atoms with Crippen LogP contribution in [0.4, 0.5) is 10.1 Å². The first-order valence-electron chi connectivity index (χ1n) is 7.81. The van der Waals surface area contributed by atoms with Crippen molar-refractivity contribution in [1.29, 1.82) is 0 Å². The molecule has 24 heavy (non-hydrogen) atoms. The normalized spacial score (nSPS) is 10.3. The van der Waals surface area contributed by atoms with Gasteiger partial charge in [0, 0.05) is 12.2 Å². The van der Waals surface area contributed by atoms with Gasteiger partial charge in [0.05, 0.1) is 0 Å². The molecule has 0 fully saturated rings. The molecule has 126 valence electrons. The third-order valence-corrected chi connectivity index (χ3v) is 3.48. The van der Waals surface area contributed by atoms with Gasteiger partial charge in [-0.3, -0.25) is 9.59 Å². The van der Waals surface area contributed by atoms with Gasteiger partial charge in [-0.15, -0.1) is 0 Å². The minimum Gasteiger partial charge on any atom is -0.355 e. The van der Waals surface area contributed by atoms with Crippen LogP contribution in [0.3, 0.4) is 0 Å². The zero-order chi connectivity index (χ0) is 17.5. The first-order chi connectivity index (χ1) is 11.4. The predicted molar refractivity (Wildman–Crippen MR) is 92.3 cm³/mol. The molecule has 0 heterocycles. The maximum Gasteiger partial charge on any atom is 0.233 e. The standard InChI is InChI=1S/C19H21FN2O2/c1-13-9-14(2)11-17(10-13)22-19(24)12-18(23)21-8-7-15-3-5-16(20)6-4-15/h3-6,9-11H,7-8,12H2,1-2H3,(H,21,23)(H,22,24). The van der Waals surface area contributed by atoms with Crippen molar-refractivity contribution in [3.8, 4) is 0 Å². The smallest absolute Gasteiger partial charge is 0.233 e. The van der Waals surface area contributed by atoms with Crippen LogP contribution in [-0.4, -0.2) is 18.4 Å². The molecule has 2 rings (SSSR count). The summed E-state index contributed by atoms with van der Waals surface area (Å²) in [5.41, 5.74) is 3.72. The molecule has 4 nitrogen and oxygen atoms in total. The highest BCUT2D eigenvalue weighted by Gasteiger charge is 2.09. The zero-order valence-electron chi connectivity index (χ0n) is 13.9. The minimum atomic E-state index is -0.348. The number of rotatable bonds is 6. The van der Waals surface area contributed by atoms with Gasteiger partial charge in [-0.2, -0.15) is 0 Å². The predicted octanol–water partition coefficient (Wildman–Crippen LogP) is 3.13. The molecule has 0 saturated heterocycles. The SMILES string of the molecule is Cc1cc(C)cc(NC(=O)CC(=O)NCCc2ccc(F)cc2)c1. The van der Waals surface area contributed by atoms with Gasteiger partial charge >= 0.3 is 0 Å². The van der Waals surface area contributed by atoms with Crippen molar-refractivity contribution in [2.75, 3.05) is 11.9 Å². The Hall–Kier alpha value is -2.69. The summed E-state index contributed by atoms with van der Waals surface area (Å²) in [6.45, 7) is 4.30. The Morgan fingerprint density at radius 2 is 1.58 bits per heavy atom. The van der Waals surface area contributed by atoms with Crippen LogP contribution in [0, 0.1) is 19.7 Å². The summed E-state index contributed by atoms with van der Waals surface area (Å²) in [5.74, 6) is -0.968. The maximum atomic E-state index is 12.8. The van der Waals surface area contributed by atoms with Crippen molar-refractivity contribution in [2.45, 2.75) is 26.7 Å². The van der Waals surface area contributed by atoms with Crippen molar-refractivity contribution in [3.63, 3.8) is 0 Å². The van der Waals surface area contributed by atoms with Gasteiger partial charge in [0.2, 0.25) is 11.8 Å². The molecule has 5 heteroatoms. The fourth-order valence-corrected chi connectivity index (χ4v) is 2.46. The fourth-order valence-electron chi connectivity index (χ4n) is 2.46. The lowest BCUT2D eigenvalue weighted by molar-refractivity contribution is -0.126. The molecule has 0 aliphatic carbocycles. The molecule has 0 bridgehead atoms. The van der Waals surface area contributed by atoms with E-state index < -0.39 is 0 Å². The van der Waals surface area contributed by atoms with Crippen molar-refractivity contribution < 1.29 is 14.0 Å². The van der Waals surface area contributed by atoms with Gasteiger partial charge < -0.3 is 10.6 Å². The minimum absolute atomic E-state index is 0.226. The lowest BCUT2D eigenvalue weighted by Crippen LogP contribution is -2.29. The van der Waals surface area contributed by atoms with Crippen molar-refractivity contribution in [1.82, 2.24) is 5.32 Å². The van der Waals surface area contributed by atoms with Crippen molar-refractivity contribution in [3.05, 3.63) is 65.0 Å². The molecule has 0 radical (unpaired) electrons. The number of aryl methyl sites for hydroxylation is 2. The molecule has 0 aromatic heterocycles. The van der Waals surface area contributed by atoms with Crippen LogP contribution in [0.25, 0.3) is 0 Å². The van der Waals surface area contributed by atoms with Crippen molar-refractivity contribution in [2.24, 2.45) is 0 Å². The van der Waals surface area contributed by atoms with Gasteiger partial charge in [0.1, 0.15) is 12.2 Å². The monoisotopic (exact) mass is 328 g/mol. The van der Waals surface area contributed by atoms with Crippen LogP contribution in [0.2, 0.25) is 0 Å². The number of nitrogens with one attached hydrogen (secondary N) is 2. The summed E-state index contributed by atoms with van der Waals surface area (Å²) in [4.78, 5) is 23.7. The number of hydrogen-bond acceptors (Lipinski definition) is 2. The third-order valence-electron chi connectivity index (χ3n) is 3.48. The highest BCUT2D eigenvalue weighted by Crippen LogP contribution is 2.13. The number of amides is 2. The van der Waals surface area contributed by atoms with E-state index in [0.717, 1.165) is 16.7 Å². The number of halogens is 1. The summed E-state index contributed by atoms with van der Waals surface area (Å²) in [6.07, 6.45) is 0.362. The molecule has 0 aliphatic heterocycles. The summed E-state index contributed by atoms with van der Waals surface area (Å²) in [7, 11) is 0. The summed E-state index contributed by atoms with van der Waals surface area (Å²) >= 11 is 0. The van der Waals surface area contributed by atoms with E-state index in [1.54, 1.807) is 12.1 Å². The molecule has 0 spiro atoms. The first-order valence-corrected chi connectivity index (χ1v) is 7.81. The van der Waals surface area contributed by atoms with E-state index in [9.17, 15) is 14.0 Å². The van der Waals surface area contributed by atoms with Crippen LogP contribution in [0.15, 0.2) is 42.5 Å². The molecule has 0 unspecified atom stereocenters. The Kier molecular flexibility index (Phi) is 6.07. The fraction of sp³-hybridized carbons (Fsp3) is 0.263. The van der Waals surface area contributed by atoms with Crippen LogP contribution >= 0.6 is 0 Å². The molecular formula is C19H21FN2O2. The number of hydrogen-bond donors (Lipinski definition) is 2. The lowest BCUT2D eigenvalue weighted by Gasteiger charge is -2.08. The maximum absolute atomic E-state index is 12.8. The molecule has 0 saturated carbocycles. The molecule has 0 atom stereocenters. The summed E-state index contributed by atoms with van der Waals surface area (Å²) in [6, 6.07) is 11.8. The molecule has 2 N–H and O–H groups in total. The molecule has 2 amide bonds. The molecule has 2 aromatic carbocycles. The Morgan fingerprint density at radius 1 is 0.958 bits per heavy atom. The van der Waals surface area contributed by atoms with Crippen LogP contribution < -0.4 is 10.6 Å². The molecular weight excluding hydrogens is 307 g/mol. The topological polar surface area (TPSA) is 58.2 Å². The van der Waals surface area contributed by atoms with Gasteiger partial charge in [-0.05, 0) is 61.2 Å². The molecule has 0 aliphatic rings. The number of carbonyl (C=O) groups excluding carboxylic acids is 2. The van der Waals surface area contributed by atoms with E-state index in [1.165, 1.54) is 12.1 Å². The molecule has 2 aromatic rings. The van der Waals surface area contributed by atoms with E-state index >= 15 is 0 Å². The van der Waals surface area contributed by atoms with Crippen LogP contribution in [0.1, 0.15) is 23.1 Å². The van der Waals surface area contributed by atoms with Crippen LogP contribution in [0.5, 0.6) is 0 Å². The Labute approximate surface area is 141 Å². The van der Waals surface area contributed by atoms with E-state index in [4.69, 9.17) is 0 Å².